The molecule has 0 radical (unpaired) electrons. The summed E-state index contributed by atoms with van der Waals surface area (Å²) in [5.41, 5.74) is 1.75. The first-order valence-electron chi connectivity index (χ1n) is 7.97. The van der Waals surface area contributed by atoms with Crippen LogP contribution in [0.15, 0.2) is 54.6 Å². The van der Waals surface area contributed by atoms with Crippen LogP contribution in [-0.2, 0) is 16.1 Å². The van der Waals surface area contributed by atoms with Crippen LogP contribution in [0.3, 0.4) is 0 Å². The third kappa shape index (κ3) is 3.52. The zero-order valence-electron chi connectivity index (χ0n) is 13.8. The Morgan fingerprint density at radius 1 is 0.840 bits per heavy atom. The van der Waals surface area contributed by atoms with E-state index in [-0.39, 0.29) is 19.7 Å². The maximum Gasteiger partial charge on any atom is 0.334 e. The Morgan fingerprint density at radius 2 is 1.48 bits per heavy atom. The molecule has 0 atom stereocenters. The van der Waals surface area contributed by atoms with E-state index in [2.05, 4.69) is 0 Å². The van der Waals surface area contributed by atoms with Gasteiger partial charge in [0.1, 0.15) is 12.4 Å². The van der Waals surface area contributed by atoms with Gasteiger partial charge in [-0.1, -0.05) is 48.5 Å². The van der Waals surface area contributed by atoms with Gasteiger partial charge in [0, 0.05) is 0 Å². The molecular formula is C19H18N2O4. The lowest BCUT2D eigenvalue weighted by atomic mass is 10.2. The summed E-state index contributed by atoms with van der Waals surface area (Å²) >= 11 is 0. The first-order valence-corrected chi connectivity index (χ1v) is 7.97. The molecule has 4 amide bonds. The minimum atomic E-state index is -0.811. The summed E-state index contributed by atoms with van der Waals surface area (Å²) in [5, 5.41) is 0. The van der Waals surface area contributed by atoms with Gasteiger partial charge in [0.15, 0.2) is 0 Å². The SMILES string of the molecule is Cc1ccccc1OCCN1C(=O)C(=O)N(Cc2ccccc2)C1=O. The van der Waals surface area contributed by atoms with Crippen molar-refractivity contribution in [1.82, 2.24) is 9.80 Å². The topological polar surface area (TPSA) is 66.9 Å². The van der Waals surface area contributed by atoms with Crippen LogP contribution in [0.4, 0.5) is 4.79 Å². The molecule has 0 N–H and O–H groups in total. The van der Waals surface area contributed by atoms with Gasteiger partial charge in [-0.05, 0) is 24.1 Å². The zero-order chi connectivity index (χ0) is 17.8. The molecule has 1 saturated heterocycles. The van der Waals surface area contributed by atoms with E-state index in [1.54, 1.807) is 12.1 Å². The van der Waals surface area contributed by atoms with Crippen molar-refractivity contribution in [3.63, 3.8) is 0 Å². The molecule has 0 aromatic heterocycles. The minimum absolute atomic E-state index is 0.0308. The maximum atomic E-state index is 12.4. The largest absolute Gasteiger partial charge is 0.491 e. The fourth-order valence-corrected chi connectivity index (χ4v) is 2.62. The van der Waals surface area contributed by atoms with Gasteiger partial charge in [0.2, 0.25) is 0 Å². The second-order valence-electron chi connectivity index (χ2n) is 5.73. The molecule has 25 heavy (non-hydrogen) atoms. The minimum Gasteiger partial charge on any atom is -0.491 e. The van der Waals surface area contributed by atoms with E-state index in [1.807, 2.05) is 49.4 Å². The molecule has 0 unspecified atom stereocenters. The standard InChI is InChI=1S/C19H18N2O4/c1-14-7-5-6-10-16(14)25-12-11-20-17(22)18(23)21(19(20)24)13-15-8-3-2-4-9-15/h2-10H,11-13H2,1H3. The summed E-state index contributed by atoms with van der Waals surface area (Å²) in [4.78, 5) is 38.5. The molecule has 0 bridgehead atoms. The van der Waals surface area contributed by atoms with Crippen molar-refractivity contribution in [2.24, 2.45) is 0 Å². The van der Waals surface area contributed by atoms with E-state index in [0.29, 0.717) is 5.75 Å². The number of aryl methyl sites for hydroxylation is 1. The average Bonchev–Trinajstić information content (AvgIpc) is 2.82. The van der Waals surface area contributed by atoms with Crippen LogP contribution in [0, 0.1) is 6.92 Å². The maximum absolute atomic E-state index is 12.4. The van der Waals surface area contributed by atoms with E-state index in [4.69, 9.17) is 4.74 Å². The van der Waals surface area contributed by atoms with Crippen molar-refractivity contribution in [3.05, 3.63) is 65.7 Å². The average molecular weight is 338 g/mol. The van der Waals surface area contributed by atoms with E-state index in [9.17, 15) is 14.4 Å². The molecule has 3 rings (SSSR count). The number of carbonyl (C=O) groups excluding carboxylic acids is 3. The van der Waals surface area contributed by atoms with E-state index in [0.717, 1.165) is 20.9 Å². The van der Waals surface area contributed by atoms with Crippen LogP contribution >= 0.6 is 0 Å². The molecule has 1 fully saturated rings. The second-order valence-corrected chi connectivity index (χ2v) is 5.73. The fourth-order valence-electron chi connectivity index (χ4n) is 2.62. The number of hydrogen-bond donors (Lipinski definition) is 0. The molecule has 0 aliphatic carbocycles. The van der Waals surface area contributed by atoms with Crippen molar-refractivity contribution in [3.8, 4) is 5.75 Å². The van der Waals surface area contributed by atoms with E-state index >= 15 is 0 Å². The predicted octanol–water partition coefficient (Wildman–Crippen LogP) is 2.36. The van der Waals surface area contributed by atoms with Gasteiger partial charge < -0.3 is 4.74 Å². The highest BCUT2D eigenvalue weighted by Crippen LogP contribution is 2.18. The van der Waals surface area contributed by atoms with Crippen LogP contribution < -0.4 is 4.74 Å². The Hall–Kier alpha value is -3.15. The van der Waals surface area contributed by atoms with Gasteiger partial charge in [-0.25, -0.2) is 4.79 Å². The van der Waals surface area contributed by atoms with Crippen LogP contribution in [0.2, 0.25) is 0 Å². The number of amides is 4. The van der Waals surface area contributed by atoms with Gasteiger partial charge >= 0.3 is 17.8 Å². The van der Waals surface area contributed by atoms with Gasteiger partial charge in [0.25, 0.3) is 0 Å². The Bertz CT molecular complexity index is 804. The molecule has 6 nitrogen and oxygen atoms in total. The lowest BCUT2D eigenvalue weighted by Crippen LogP contribution is -2.35. The Labute approximate surface area is 145 Å². The fraction of sp³-hybridized carbons (Fsp3) is 0.211. The first kappa shape index (κ1) is 16.7. The molecule has 2 aromatic carbocycles. The van der Waals surface area contributed by atoms with Crippen LogP contribution in [0.25, 0.3) is 0 Å². The summed E-state index contributed by atoms with van der Waals surface area (Å²) in [7, 11) is 0. The van der Waals surface area contributed by atoms with Crippen molar-refractivity contribution < 1.29 is 19.1 Å². The van der Waals surface area contributed by atoms with Gasteiger partial charge in [-0.3, -0.25) is 19.4 Å². The highest BCUT2D eigenvalue weighted by Gasteiger charge is 2.44. The lowest BCUT2D eigenvalue weighted by molar-refractivity contribution is -0.143. The van der Waals surface area contributed by atoms with E-state index < -0.39 is 17.8 Å². The number of benzene rings is 2. The van der Waals surface area contributed by atoms with E-state index in [1.165, 1.54) is 0 Å². The number of hydrogen-bond acceptors (Lipinski definition) is 4. The molecule has 2 aromatic rings. The number of nitrogens with zero attached hydrogens (tertiary/aromatic N) is 2. The molecule has 1 heterocycles. The number of urea groups is 1. The Balaban J connectivity index is 1.62. The third-order valence-corrected chi connectivity index (χ3v) is 3.98. The quantitative estimate of drug-likeness (QED) is 0.599. The van der Waals surface area contributed by atoms with Crippen molar-refractivity contribution >= 4 is 17.8 Å². The van der Waals surface area contributed by atoms with Crippen molar-refractivity contribution in [1.29, 1.82) is 0 Å². The molecule has 0 spiro atoms. The monoisotopic (exact) mass is 338 g/mol. The number of para-hydroxylation sites is 1. The summed E-state index contributed by atoms with van der Waals surface area (Å²) < 4.78 is 5.61. The lowest BCUT2D eigenvalue weighted by Gasteiger charge is -2.16. The smallest absolute Gasteiger partial charge is 0.334 e. The molecule has 0 saturated carbocycles. The molecule has 128 valence electrons. The van der Waals surface area contributed by atoms with Crippen molar-refractivity contribution in [2.75, 3.05) is 13.2 Å². The first-order chi connectivity index (χ1) is 12.1. The number of ether oxygens (including phenoxy) is 1. The van der Waals surface area contributed by atoms with Gasteiger partial charge in [-0.2, -0.15) is 0 Å². The molecule has 1 aliphatic rings. The predicted molar refractivity (Wildman–Crippen MR) is 90.8 cm³/mol. The van der Waals surface area contributed by atoms with Crippen LogP contribution in [0.5, 0.6) is 5.75 Å². The second kappa shape index (κ2) is 7.17. The number of rotatable bonds is 6. The normalized spacial score (nSPS) is 14.4. The summed E-state index contributed by atoms with van der Waals surface area (Å²) in [5.74, 6) is -0.923. The van der Waals surface area contributed by atoms with Crippen LogP contribution in [-0.4, -0.2) is 40.8 Å². The number of imide groups is 2. The Kier molecular flexibility index (Phi) is 4.79. The Morgan fingerprint density at radius 3 is 2.20 bits per heavy atom. The summed E-state index contributed by atoms with van der Waals surface area (Å²) in [6, 6.07) is 15.9. The molecule has 6 heteroatoms. The van der Waals surface area contributed by atoms with Gasteiger partial charge in [-0.15, -0.1) is 0 Å². The zero-order valence-corrected chi connectivity index (χ0v) is 13.8. The summed E-state index contributed by atoms with van der Waals surface area (Å²) in [6.45, 7) is 2.16. The summed E-state index contributed by atoms with van der Waals surface area (Å²) in [6.07, 6.45) is 0. The highest BCUT2D eigenvalue weighted by atomic mass is 16.5. The van der Waals surface area contributed by atoms with Crippen LogP contribution in [0.1, 0.15) is 11.1 Å². The molecular weight excluding hydrogens is 320 g/mol. The van der Waals surface area contributed by atoms with Crippen molar-refractivity contribution in [2.45, 2.75) is 13.5 Å². The highest BCUT2D eigenvalue weighted by molar-refractivity contribution is 6.44. The third-order valence-electron chi connectivity index (χ3n) is 3.98. The van der Waals surface area contributed by atoms with Gasteiger partial charge in [0.05, 0.1) is 13.1 Å². The number of carbonyl (C=O) groups is 3. The molecule has 1 aliphatic heterocycles.